The Morgan fingerprint density at radius 3 is 2.67 bits per heavy atom. The summed E-state index contributed by atoms with van der Waals surface area (Å²) in [6.45, 7) is 1.40. The van der Waals surface area contributed by atoms with Gasteiger partial charge in [0.25, 0.3) is 0 Å². The summed E-state index contributed by atoms with van der Waals surface area (Å²) in [6, 6.07) is 5.49. The first-order valence-corrected chi connectivity index (χ1v) is 8.24. The van der Waals surface area contributed by atoms with Crippen LogP contribution < -0.4 is 9.47 Å². The normalized spacial score (nSPS) is 17.4. The highest BCUT2D eigenvalue weighted by Gasteiger charge is 2.24. The van der Waals surface area contributed by atoms with Crippen molar-refractivity contribution in [3.05, 3.63) is 23.8 Å². The smallest absolute Gasteiger partial charge is 0.303 e. The van der Waals surface area contributed by atoms with Crippen molar-refractivity contribution >= 4 is 11.9 Å². The number of ether oxygens (including phenoxy) is 2. The van der Waals surface area contributed by atoms with Crippen LogP contribution >= 0.6 is 0 Å². The fraction of sp³-hybridized carbons (Fsp3) is 0.556. The zero-order valence-electron chi connectivity index (χ0n) is 14.3. The number of likely N-dealkylation sites (tertiary alicyclic amines) is 1. The van der Waals surface area contributed by atoms with Crippen molar-refractivity contribution in [3.63, 3.8) is 0 Å². The van der Waals surface area contributed by atoms with Crippen molar-refractivity contribution in [2.45, 2.75) is 32.1 Å². The molecular weight excluding hydrogens is 310 g/mol. The lowest BCUT2D eigenvalue weighted by atomic mass is 9.93. The van der Waals surface area contributed by atoms with Gasteiger partial charge < -0.3 is 19.5 Å². The third kappa shape index (κ3) is 4.88. The molecule has 6 nitrogen and oxygen atoms in total. The SMILES string of the molecule is COc1ccc(CC(=O)N2CCCC(CCC(=O)O)C2)cc1OC. The Morgan fingerprint density at radius 2 is 2.00 bits per heavy atom. The molecule has 1 aromatic carbocycles. The number of hydrogen-bond acceptors (Lipinski definition) is 4. The third-order valence-electron chi connectivity index (χ3n) is 4.44. The van der Waals surface area contributed by atoms with Crippen LogP contribution in [0, 0.1) is 5.92 Å². The number of amides is 1. The minimum Gasteiger partial charge on any atom is -0.493 e. The number of hydrogen-bond donors (Lipinski definition) is 1. The van der Waals surface area contributed by atoms with E-state index < -0.39 is 5.97 Å². The topological polar surface area (TPSA) is 76.1 Å². The lowest BCUT2D eigenvalue weighted by Gasteiger charge is -2.32. The standard InChI is InChI=1S/C18H25NO5/c1-23-15-7-5-14(10-16(15)24-2)11-17(20)19-9-3-4-13(12-19)6-8-18(21)22/h5,7,10,13H,3-4,6,8-9,11-12H2,1-2H3,(H,21,22). The molecule has 0 bridgehead atoms. The van der Waals surface area contributed by atoms with Crippen molar-refractivity contribution < 1.29 is 24.2 Å². The summed E-state index contributed by atoms with van der Waals surface area (Å²) in [5.41, 5.74) is 0.880. The van der Waals surface area contributed by atoms with E-state index >= 15 is 0 Å². The number of rotatable bonds is 7. The van der Waals surface area contributed by atoms with E-state index in [2.05, 4.69) is 0 Å². The Morgan fingerprint density at radius 1 is 1.25 bits per heavy atom. The fourth-order valence-electron chi connectivity index (χ4n) is 3.13. The van der Waals surface area contributed by atoms with Gasteiger partial charge in [0.1, 0.15) is 0 Å². The molecule has 1 unspecified atom stereocenters. The Hall–Kier alpha value is -2.24. The second-order valence-corrected chi connectivity index (χ2v) is 6.15. The highest BCUT2D eigenvalue weighted by molar-refractivity contribution is 5.79. The summed E-state index contributed by atoms with van der Waals surface area (Å²) >= 11 is 0. The first kappa shape index (κ1) is 18.1. The van der Waals surface area contributed by atoms with Gasteiger partial charge in [-0.05, 0) is 42.9 Å². The van der Waals surface area contributed by atoms with Gasteiger partial charge in [-0.3, -0.25) is 9.59 Å². The molecule has 1 amide bonds. The summed E-state index contributed by atoms with van der Waals surface area (Å²) in [6.07, 6.45) is 3.04. The van der Waals surface area contributed by atoms with Crippen LogP contribution in [0.1, 0.15) is 31.2 Å². The van der Waals surface area contributed by atoms with Crippen LogP contribution in [0.25, 0.3) is 0 Å². The predicted octanol–water partition coefficient (Wildman–Crippen LogP) is 2.35. The maximum atomic E-state index is 12.5. The lowest BCUT2D eigenvalue weighted by molar-refractivity contribution is -0.137. The molecule has 0 radical (unpaired) electrons. The molecule has 24 heavy (non-hydrogen) atoms. The first-order valence-electron chi connectivity index (χ1n) is 8.24. The molecule has 1 aliphatic heterocycles. The first-order chi connectivity index (χ1) is 11.5. The Kier molecular flexibility index (Phi) is 6.46. The van der Waals surface area contributed by atoms with Crippen LogP contribution in [0.3, 0.4) is 0 Å². The number of carboxylic acid groups (broad SMARTS) is 1. The summed E-state index contributed by atoms with van der Waals surface area (Å²) in [7, 11) is 3.15. The second kappa shape index (κ2) is 8.57. The lowest BCUT2D eigenvalue weighted by Crippen LogP contribution is -2.40. The monoisotopic (exact) mass is 335 g/mol. The number of carbonyl (C=O) groups excluding carboxylic acids is 1. The largest absolute Gasteiger partial charge is 0.493 e. The molecular formula is C18H25NO5. The van der Waals surface area contributed by atoms with Crippen LogP contribution in [-0.4, -0.2) is 49.2 Å². The molecule has 0 aromatic heterocycles. The predicted molar refractivity (Wildman–Crippen MR) is 89.4 cm³/mol. The van der Waals surface area contributed by atoms with Gasteiger partial charge in [-0.15, -0.1) is 0 Å². The number of methoxy groups -OCH3 is 2. The number of aliphatic carboxylic acids is 1. The maximum Gasteiger partial charge on any atom is 0.303 e. The van der Waals surface area contributed by atoms with Crippen molar-refractivity contribution in [3.8, 4) is 11.5 Å². The molecule has 1 N–H and O–H groups in total. The second-order valence-electron chi connectivity index (χ2n) is 6.15. The average Bonchev–Trinajstić information content (AvgIpc) is 2.60. The van der Waals surface area contributed by atoms with E-state index in [9.17, 15) is 9.59 Å². The van der Waals surface area contributed by atoms with E-state index in [1.165, 1.54) is 0 Å². The quantitative estimate of drug-likeness (QED) is 0.828. The summed E-state index contributed by atoms with van der Waals surface area (Å²) < 4.78 is 10.5. The van der Waals surface area contributed by atoms with Crippen molar-refractivity contribution in [2.75, 3.05) is 27.3 Å². The molecule has 2 rings (SSSR count). The van der Waals surface area contributed by atoms with Crippen LogP contribution in [0.5, 0.6) is 11.5 Å². The van der Waals surface area contributed by atoms with Crippen molar-refractivity contribution in [2.24, 2.45) is 5.92 Å². The van der Waals surface area contributed by atoms with Gasteiger partial charge in [0.2, 0.25) is 5.91 Å². The van der Waals surface area contributed by atoms with Gasteiger partial charge in [-0.2, -0.15) is 0 Å². The summed E-state index contributed by atoms with van der Waals surface area (Å²) in [5.74, 6) is 0.830. The van der Waals surface area contributed by atoms with Crippen LogP contribution in [0.15, 0.2) is 18.2 Å². The van der Waals surface area contributed by atoms with Crippen molar-refractivity contribution in [1.82, 2.24) is 4.90 Å². The molecule has 6 heteroatoms. The minimum absolute atomic E-state index is 0.0715. The number of carboxylic acids is 1. The molecule has 132 valence electrons. The summed E-state index contributed by atoms with van der Waals surface area (Å²) in [5, 5.41) is 8.80. The Labute approximate surface area is 142 Å². The minimum atomic E-state index is -0.774. The fourth-order valence-corrected chi connectivity index (χ4v) is 3.13. The molecule has 1 fully saturated rings. The van der Waals surface area contributed by atoms with E-state index in [4.69, 9.17) is 14.6 Å². The van der Waals surface area contributed by atoms with E-state index in [-0.39, 0.29) is 18.2 Å². The van der Waals surface area contributed by atoms with Gasteiger partial charge in [0.15, 0.2) is 11.5 Å². The van der Waals surface area contributed by atoms with E-state index in [1.54, 1.807) is 20.3 Å². The van der Waals surface area contributed by atoms with Gasteiger partial charge in [-0.25, -0.2) is 0 Å². The van der Waals surface area contributed by atoms with E-state index in [0.717, 1.165) is 24.9 Å². The molecule has 1 saturated heterocycles. The number of piperidine rings is 1. The Balaban J connectivity index is 1.95. The molecule has 1 heterocycles. The average molecular weight is 335 g/mol. The molecule has 1 aromatic rings. The van der Waals surface area contributed by atoms with E-state index in [0.29, 0.717) is 30.9 Å². The van der Waals surface area contributed by atoms with Gasteiger partial charge in [0, 0.05) is 19.5 Å². The zero-order valence-corrected chi connectivity index (χ0v) is 14.3. The highest BCUT2D eigenvalue weighted by Crippen LogP contribution is 2.28. The molecule has 0 saturated carbocycles. The molecule has 0 aliphatic carbocycles. The third-order valence-corrected chi connectivity index (χ3v) is 4.44. The van der Waals surface area contributed by atoms with Crippen LogP contribution in [0.2, 0.25) is 0 Å². The molecule has 1 atom stereocenters. The summed E-state index contributed by atoms with van der Waals surface area (Å²) in [4.78, 5) is 25.1. The molecule has 1 aliphatic rings. The van der Waals surface area contributed by atoms with Gasteiger partial charge in [-0.1, -0.05) is 6.07 Å². The zero-order chi connectivity index (χ0) is 17.5. The van der Waals surface area contributed by atoms with Crippen LogP contribution in [0.4, 0.5) is 0 Å². The van der Waals surface area contributed by atoms with Crippen molar-refractivity contribution in [1.29, 1.82) is 0 Å². The number of nitrogens with zero attached hydrogens (tertiary/aromatic N) is 1. The molecule has 0 spiro atoms. The van der Waals surface area contributed by atoms with Crippen LogP contribution in [-0.2, 0) is 16.0 Å². The van der Waals surface area contributed by atoms with Gasteiger partial charge >= 0.3 is 5.97 Å². The highest BCUT2D eigenvalue weighted by atomic mass is 16.5. The van der Waals surface area contributed by atoms with Gasteiger partial charge in [0.05, 0.1) is 20.6 Å². The number of carbonyl (C=O) groups is 2. The van der Waals surface area contributed by atoms with E-state index in [1.807, 2.05) is 17.0 Å². The number of benzene rings is 1. The Bertz CT molecular complexity index is 587. The maximum absolute atomic E-state index is 12.5.